The van der Waals surface area contributed by atoms with Gasteiger partial charge in [0, 0.05) is 6.04 Å². The molecule has 4 nitrogen and oxygen atoms in total. The van der Waals surface area contributed by atoms with Gasteiger partial charge in [-0.05, 0) is 12.8 Å². The average molecular weight is 186 g/mol. The maximum atomic E-state index is 11.4. The molecule has 0 aromatic rings. The van der Waals surface area contributed by atoms with Gasteiger partial charge in [0.15, 0.2) is 0 Å². The Balaban J connectivity index is 2.47. The number of hydroxylamine groups is 2. The van der Waals surface area contributed by atoms with Crippen LogP contribution in [0.15, 0.2) is 0 Å². The molecule has 2 unspecified atom stereocenters. The van der Waals surface area contributed by atoms with Crippen molar-refractivity contribution in [3.05, 3.63) is 0 Å². The van der Waals surface area contributed by atoms with E-state index in [-0.39, 0.29) is 18.1 Å². The van der Waals surface area contributed by atoms with Gasteiger partial charge in [-0.3, -0.25) is 9.63 Å². The predicted molar refractivity (Wildman–Crippen MR) is 49.7 cm³/mol. The van der Waals surface area contributed by atoms with Gasteiger partial charge in [0.05, 0.1) is 19.1 Å². The average Bonchev–Trinajstić information content (AvgIpc) is 2.31. The molecular weight excluding hydrogens is 168 g/mol. The minimum absolute atomic E-state index is 0.0325. The van der Waals surface area contributed by atoms with Crippen LogP contribution in [-0.2, 0) is 9.63 Å². The SMILES string of the molecule is CC(N)CN1OC(C(C)C)CC1=O. The van der Waals surface area contributed by atoms with Gasteiger partial charge in [-0.1, -0.05) is 13.8 Å². The predicted octanol–water partition coefficient (Wildman–Crippen LogP) is 0.522. The van der Waals surface area contributed by atoms with Crippen LogP contribution in [0.3, 0.4) is 0 Å². The first-order chi connectivity index (χ1) is 6.00. The van der Waals surface area contributed by atoms with E-state index >= 15 is 0 Å². The summed E-state index contributed by atoms with van der Waals surface area (Å²) in [4.78, 5) is 16.8. The fraction of sp³-hybridized carbons (Fsp3) is 0.889. The molecule has 1 rings (SSSR count). The van der Waals surface area contributed by atoms with Crippen molar-refractivity contribution in [3.8, 4) is 0 Å². The summed E-state index contributed by atoms with van der Waals surface area (Å²) in [6.45, 7) is 6.45. The van der Waals surface area contributed by atoms with Crippen LogP contribution >= 0.6 is 0 Å². The summed E-state index contributed by atoms with van der Waals surface area (Å²) in [5.74, 6) is 0.429. The van der Waals surface area contributed by atoms with Crippen LogP contribution in [0.4, 0.5) is 0 Å². The minimum Gasteiger partial charge on any atom is -0.326 e. The second kappa shape index (κ2) is 4.07. The van der Waals surface area contributed by atoms with Crippen molar-refractivity contribution >= 4 is 5.91 Å². The van der Waals surface area contributed by atoms with Crippen molar-refractivity contribution in [2.24, 2.45) is 11.7 Å². The van der Waals surface area contributed by atoms with Crippen molar-refractivity contribution in [1.29, 1.82) is 0 Å². The molecule has 0 saturated carbocycles. The summed E-state index contributed by atoms with van der Waals surface area (Å²) in [6.07, 6.45) is 0.524. The molecule has 1 aliphatic heterocycles. The number of hydrogen-bond donors (Lipinski definition) is 1. The highest BCUT2D eigenvalue weighted by Crippen LogP contribution is 2.21. The van der Waals surface area contributed by atoms with Gasteiger partial charge in [0.2, 0.25) is 5.91 Å². The lowest BCUT2D eigenvalue weighted by Gasteiger charge is -2.19. The van der Waals surface area contributed by atoms with E-state index in [2.05, 4.69) is 0 Å². The lowest BCUT2D eigenvalue weighted by Crippen LogP contribution is -2.36. The van der Waals surface area contributed by atoms with Gasteiger partial charge in [-0.25, -0.2) is 5.06 Å². The topological polar surface area (TPSA) is 55.6 Å². The second-order valence-corrected chi connectivity index (χ2v) is 4.02. The molecule has 0 aliphatic carbocycles. The Hall–Kier alpha value is -0.610. The molecule has 1 heterocycles. The molecule has 0 radical (unpaired) electrons. The smallest absolute Gasteiger partial charge is 0.248 e. The van der Waals surface area contributed by atoms with Crippen molar-refractivity contribution in [2.75, 3.05) is 6.54 Å². The molecule has 0 aromatic heterocycles. The van der Waals surface area contributed by atoms with Crippen molar-refractivity contribution < 1.29 is 9.63 Å². The van der Waals surface area contributed by atoms with Crippen LogP contribution in [-0.4, -0.2) is 29.7 Å². The van der Waals surface area contributed by atoms with Gasteiger partial charge in [0.1, 0.15) is 0 Å². The normalized spacial score (nSPS) is 25.8. The highest BCUT2D eigenvalue weighted by molar-refractivity contribution is 5.77. The van der Waals surface area contributed by atoms with Gasteiger partial charge in [0.25, 0.3) is 0 Å². The van der Waals surface area contributed by atoms with Crippen molar-refractivity contribution in [1.82, 2.24) is 5.06 Å². The Labute approximate surface area is 79.0 Å². The van der Waals surface area contributed by atoms with Crippen LogP contribution in [0.5, 0.6) is 0 Å². The molecular formula is C9H18N2O2. The van der Waals surface area contributed by atoms with E-state index in [0.29, 0.717) is 18.9 Å². The third-order valence-electron chi connectivity index (χ3n) is 2.11. The van der Waals surface area contributed by atoms with Crippen molar-refractivity contribution in [3.63, 3.8) is 0 Å². The number of carbonyl (C=O) groups is 1. The molecule has 4 heteroatoms. The Kier molecular flexibility index (Phi) is 3.27. The fourth-order valence-corrected chi connectivity index (χ4v) is 1.30. The zero-order chi connectivity index (χ0) is 10.0. The molecule has 0 bridgehead atoms. The lowest BCUT2D eigenvalue weighted by molar-refractivity contribution is -0.178. The Morgan fingerprint density at radius 3 is 2.62 bits per heavy atom. The van der Waals surface area contributed by atoms with E-state index in [4.69, 9.17) is 10.6 Å². The quantitative estimate of drug-likeness (QED) is 0.699. The lowest BCUT2D eigenvalue weighted by atomic mass is 10.1. The summed E-state index contributed by atoms with van der Waals surface area (Å²) in [5, 5.41) is 1.40. The van der Waals surface area contributed by atoms with Crippen LogP contribution < -0.4 is 5.73 Å². The molecule has 1 fully saturated rings. The summed E-state index contributed by atoms with van der Waals surface area (Å²) in [5.41, 5.74) is 5.58. The van der Waals surface area contributed by atoms with Gasteiger partial charge in [-0.15, -0.1) is 0 Å². The van der Waals surface area contributed by atoms with E-state index in [0.717, 1.165) is 0 Å². The molecule has 2 N–H and O–H groups in total. The van der Waals surface area contributed by atoms with E-state index in [9.17, 15) is 4.79 Å². The number of nitrogens with two attached hydrogens (primary N) is 1. The molecule has 1 aliphatic rings. The number of hydrogen-bond acceptors (Lipinski definition) is 3. The summed E-state index contributed by atoms with van der Waals surface area (Å²) < 4.78 is 0. The first-order valence-electron chi connectivity index (χ1n) is 4.73. The monoisotopic (exact) mass is 186 g/mol. The number of rotatable bonds is 3. The van der Waals surface area contributed by atoms with Gasteiger partial charge < -0.3 is 5.73 Å². The highest BCUT2D eigenvalue weighted by Gasteiger charge is 2.32. The Bertz CT molecular complexity index is 192. The highest BCUT2D eigenvalue weighted by atomic mass is 16.7. The summed E-state index contributed by atoms with van der Waals surface area (Å²) in [7, 11) is 0. The number of nitrogens with zero attached hydrogens (tertiary/aromatic N) is 1. The van der Waals surface area contributed by atoms with Crippen molar-refractivity contribution in [2.45, 2.75) is 39.3 Å². The molecule has 0 aromatic carbocycles. The number of carbonyl (C=O) groups excluding carboxylic acids is 1. The molecule has 13 heavy (non-hydrogen) atoms. The van der Waals surface area contributed by atoms with Crippen LogP contribution in [0.2, 0.25) is 0 Å². The van der Waals surface area contributed by atoms with E-state index in [1.807, 2.05) is 20.8 Å². The first-order valence-corrected chi connectivity index (χ1v) is 4.73. The molecule has 2 atom stereocenters. The standard InChI is InChI=1S/C9H18N2O2/c1-6(2)8-4-9(12)11(13-8)5-7(3)10/h6-8H,4-5,10H2,1-3H3. The maximum absolute atomic E-state index is 11.4. The molecule has 1 saturated heterocycles. The van der Waals surface area contributed by atoms with Gasteiger partial charge in [-0.2, -0.15) is 0 Å². The van der Waals surface area contributed by atoms with E-state index < -0.39 is 0 Å². The second-order valence-electron chi connectivity index (χ2n) is 4.02. The van der Waals surface area contributed by atoms with Crippen LogP contribution in [0, 0.1) is 5.92 Å². The summed E-state index contributed by atoms with van der Waals surface area (Å²) >= 11 is 0. The minimum atomic E-state index is -0.0325. The fourth-order valence-electron chi connectivity index (χ4n) is 1.30. The third kappa shape index (κ3) is 2.67. The Morgan fingerprint density at radius 2 is 2.23 bits per heavy atom. The largest absolute Gasteiger partial charge is 0.326 e. The van der Waals surface area contributed by atoms with E-state index in [1.165, 1.54) is 5.06 Å². The first kappa shape index (κ1) is 10.5. The third-order valence-corrected chi connectivity index (χ3v) is 2.11. The van der Waals surface area contributed by atoms with Crippen LogP contribution in [0.1, 0.15) is 27.2 Å². The number of amides is 1. The van der Waals surface area contributed by atoms with Crippen LogP contribution in [0.25, 0.3) is 0 Å². The zero-order valence-corrected chi connectivity index (χ0v) is 8.49. The zero-order valence-electron chi connectivity index (χ0n) is 8.49. The van der Waals surface area contributed by atoms with Gasteiger partial charge >= 0.3 is 0 Å². The Morgan fingerprint density at radius 1 is 1.62 bits per heavy atom. The molecule has 0 spiro atoms. The maximum Gasteiger partial charge on any atom is 0.248 e. The molecule has 76 valence electrons. The summed E-state index contributed by atoms with van der Waals surface area (Å²) in [6, 6.07) is -0.0325. The molecule has 1 amide bonds. The van der Waals surface area contributed by atoms with E-state index in [1.54, 1.807) is 0 Å².